The average molecular weight is 300 g/mol. The SMILES string of the molecule is O=C(O)c1cccc(F)c1Nc1cc(Cl)ccc1Cl. The van der Waals surface area contributed by atoms with Crippen LogP contribution in [0.4, 0.5) is 15.8 Å². The van der Waals surface area contributed by atoms with E-state index in [0.717, 1.165) is 6.07 Å². The zero-order chi connectivity index (χ0) is 14.0. The lowest BCUT2D eigenvalue weighted by molar-refractivity contribution is 0.0697. The molecule has 6 heteroatoms. The molecular formula is C13H8Cl2FNO2. The van der Waals surface area contributed by atoms with E-state index in [1.54, 1.807) is 6.07 Å². The molecule has 0 atom stereocenters. The van der Waals surface area contributed by atoms with Gasteiger partial charge in [0.25, 0.3) is 0 Å². The molecule has 0 amide bonds. The number of hydrogen-bond acceptors (Lipinski definition) is 2. The molecule has 2 aromatic carbocycles. The summed E-state index contributed by atoms with van der Waals surface area (Å²) in [7, 11) is 0. The van der Waals surface area contributed by atoms with Crippen LogP contribution < -0.4 is 5.32 Å². The number of benzene rings is 2. The van der Waals surface area contributed by atoms with Crippen molar-refractivity contribution in [3.63, 3.8) is 0 Å². The van der Waals surface area contributed by atoms with Crippen molar-refractivity contribution < 1.29 is 14.3 Å². The highest BCUT2D eigenvalue weighted by atomic mass is 35.5. The van der Waals surface area contributed by atoms with E-state index in [1.165, 1.54) is 24.3 Å². The molecule has 2 N–H and O–H groups in total. The first kappa shape index (κ1) is 13.6. The number of aromatic carboxylic acids is 1. The molecule has 0 unspecified atom stereocenters. The molecule has 0 aliphatic rings. The number of rotatable bonds is 3. The Morgan fingerprint density at radius 2 is 1.95 bits per heavy atom. The fraction of sp³-hybridized carbons (Fsp3) is 0. The van der Waals surface area contributed by atoms with Crippen molar-refractivity contribution in [2.45, 2.75) is 0 Å². The van der Waals surface area contributed by atoms with Crippen LogP contribution in [-0.4, -0.2) is 11.1 Å². The Bertz CT molecular complexity index is 647. The Kier molecular flexibility index (Phi) is 3.93. The predicted octanol–water partition coefficient (Wildman–Crippen LogP) is 4.57. The summed E-state index contributed by atoms with van der Waals surface area (Å²) in [6.45, 7) is 0. The summed E-state index contributed by atoms with van der Waals surface area (Å²) >= 11 is 11.8. The van der Waals surface area contributed by atoms with Crippen molar-refractivity contribution >= 4 is 40.5 Å². The quantitative estimate of drug-likeness (QED) is 0.872. The first-order valence-corrected chi connectivity index (χ1v) is 5.98. The Morgan fingerprint density at radius 1 is 1.21 bits per heavy atom. The summed E-state index contributed by atoms with van der Waals surface area (Å²) in [5, 5.41) is 12.4. The summed E-state index contributed by atoms with van der Waals surface area (Å²) < 4.78 is 13.7. The summed E-state index contributed by atoms with van der Waals surface area (Å²) in [4.78, 5) is 11.1. The second kappa shape index (κ2) is 5.47. The second-order valence-corrected chi connectivity index (χ2v) is 4.56. The minimum atomic E-state index is -1.24. The highest BCUT2D eigenvalue weighted by Gasteiger charge is 2.15. The summed E-state index contributed by atoms with van der Waals surface area (Å²) in [5.74, 6) is -1.92. The van der Waals surface area contributed by atoms with E-state index in [0.29, 0.717) is 15.7 Å². The molecule has 2 aromatic rings. The van der Waals surface area contributed by atoms with Crippen LogP contribution in [0.3, 0.4) is 0 Å². The van der Waals surface area contributed by atoms with Gasteiger partial charge in [-0.1, -0.05) is 29.3 Å². The van der Waals surface area contributed by atoms with E-state index >= 15 is 0 Å². The van der Waals surface area contributed by atoms with E-state index in [4.69, 9.17) is 28.3 Å². The van der Waals surface area contributed by atoms with Gasteiger partial charge in [-0.05, 0) is 30.3 Å². The molecular weight excluding hydrogens is 292 g/mol. The van der Waals surface area contributed by atoms with Crippen LogP contribution in [0.15, 0.2) is 36.4 Å². The van der Waals surface area contributed by atoms with Crippen LogP contribution in [0.2, 0.25) is 10.0 Å². The number of para-hydroxylation sites is 1. The Balaban J connectivity index is 2.49. The van der Waals surface area contributed by atoms with Gasteiger partial charge in [0.1, 0.15) is 5.82 Å². The van der Waals surface area contributed by atoms with Gasteiger partial charge in [-0.15, -0.1) is 0 Å². The number of carbonyl (C=O) groups is 1. The predicted molar refractivity (Wildman–Crippen MR) is 73.1 cm³/mol. The van der Waals surface area contributed by atoms with Gasteiger partial charge in [0.15, 0.2) is 0 Å². The standard InChI is InChI=1S/C13H8Cl2FNO2/c14-7-4-5-9(15)11(6-7)17-12-8(13(18)19)2-1-3-10(12)16/h1-6,17H,(H,18,19). The fourth-order valence-corrected chi connectivity index (χ4v) is 1.89. The topological polar surface area (TPSA) is 49.3 Å². The van der Waals surface area contributed by atoms with Crippen LogP contribution in [0.5, 0.6) is 0 Å². The van der Waals surface area contributed by atoms with E-state index in [1.807, 2.05) is 0 Å². The zero-order valence-corrected chi connectivity index (χ0v) is 11.0. The van der Waals surface area contributed by atoms with Crippen molar-refractivity contribution in [2.75, 3.05) is 5.32 Å². The first-order chi connectivity index (χ1) is 8.99. The zero-order valence-electron chi connectivity index (χ0n) is 9.45. The Morgan fingerprint density at radius 3 is 2.63 bits per heavy atom. The highest BCUT2D eigenvalue weighted by molar-refractivity contribution is 6.35. The lowest BCUT2D eigenvalue weighted by Crippen LogP contribution is -2.05. The Hall–Kier alpha value is -1.78. The minimum Gasteiger partial charge on any atom is -0.478 e. The van der Waals surface area contributed by atoms with Crippen LogP contribution in [0.25, 0.3) is 0 Å². The van der Waals surface area contributed by atoms with E-state index in [2.05, 4.69) is 5.32 Å². The molecule has 0 aromatic heterocycles. The molecule has 98 valence electrons. The fourth-order valence-electron chi connectivity index (χ4n) is 1.56. The number of carboxylic acids is 1. The maximum Gasteiger partial charge on any atom is 0.337 e. The molecule has 2 rings (SSSR count). The lowest BCUT2D eigenvalue weighted by atomic mass is 10.1. The number of nitrogens with one attached hydrogen (secondary N) is 1. The third kappa shape index (κ3) is 2.97. The molecule has 0 bridgehead atoms. The van der Waals surface area contributed by atoms with Gasteiger partial charge < -0.3 is 10.4 Å². The molecule has 0 radical (unpaired) electrons. The van der Waals surface area contributed by atoms with E-state index in [9.17, 15) is 9.18 Å². The molecule has 19 heavy (non-hydrogen) atoms. The number of halogens is 3. The minimum absolute atomic E-state index is 0.154. The second-order valence-electron chi connectivity index (χ2n) is 3.72. The summed E-state index contributed by atoms with van der Waals surface area (Å²) in [6.07, 6.45) is 0. The van der Waals surface area contributed by atoms with Gasteiger partial charge >= 0.3 is 5.97 Å². The molecule has 3 nitrogen and oxygen atoms in total. The number of anilines is 2. The van der Waals surface area contributed by atoms with Crippen LogP contribution in [-0.2, 0) is 0 Å². The lowest BCUT2D eigenvalue weighted by Gasteiger charge is -2.12. The maximum absolute atomic E-state index is 13.7. The highest BCUT2D eigenvalue weighted by Crippen LogP contribution is 2.31. The first-order valence-electron chi connectivity index (χ1n) is 5.23. The molecule has 0 saturated carbocycles. The van der Waals surface area contributed by atoms with Crippen molar-refractivity contribution in [3.05, 3.63) is 57.8 Å². The van der Waals surface area contributed by atoms with Crippen LogP contribution >= 0.6 is 23.2 Å². The average Bonchev–Trinajstić information content (AvgIpc) is 2.35. The number of carboxylic acid groups (broad SMARTS) is 1. The van der Waals surface area contributed by atoms with Crippen molar-refractivity contribution in [2.24, 2.45) is 0 Å². The molecule has 0 fully saturated rings. The van der Waals surface area contributed by atoms with Crippen molar-refractivity contribution in [1.29, 1.82) is 0 Å². The third-order valence-electron chi connectivity index (χ3n) is 2.43. The van der Waals surface area contributed by atoms with Gasteiger partial charge in [-0.25, -0.2) is 9.18 Å². The molecule has 0 aliphatic heterocycles. The van der Waals surface area contributed by atoms with Crippen molar-refractivity contribution in [3.8, 4) is 0 Å². The largest absolute Gasteiger partial charge is 0.478 e. The van der Waals surface area contributed by atoms with Gasteiger partial charge in [0.05, 0.1) is 22.0 Å². The monoisotopic (exact) mass is 299 g/mol. The van der Waals surface area contributed by atoms with E-state index < -0.39 is 11.8 Å². The van der Waals surface area contributed by atoms with Crippen LogP contribution in [0, 0.1) is 5.82 Å². The molecule has 0 heterocycles. The summed E-state index contributed by atoms with van der Waals surface area (Å²) in [5.41, 5.74) is -0.00280. The summed E-state index contributed by atoms with van der Waals surface area (Å²) in [6, 6.07) is 8.38. The van der Waals surface area contributed by atoms with Gasteiger partial charge in [-0.3, -0.25) is 0 Å². The van der Waals surface area contributed by atoms with Crippen molar-refractivity contribution in [1.82, 2.24) is 0 Å². The maximum atomic E-state index is 13.7. The number of hydrogen-bond donors (Lipinski definition) is 2. The molecule has 0 saturated heterocycles. The smallest absolute Gasteiger partial charge is 0.337 e. The normalized spacial score (nSPS) is 10.3. The molecule has 0 aliphatic carbocycles. The van der Waals surface area contributed by atoms with E-state index in [-0.39, 0.29) is 11.3 Å². The van der Waals surface area contributed by atoms with Crippen LogP contribution in [0.1, 0.15) is 10.4 Å². The third-order valence-corrected chi connectivity index (χ3v) is 3.00. The van der Waals surface area contributed by atoms with Gasteiger partial charge in [0.2, 0.25) is 0 Å². The van der Waals surface area contributed by atoms with Gasteiger partial charge in [0, 0.05) is 5.02 Å². The molecule has 0 spiro atoms. The van der Waals surface area contributed by atoms with Gasteiger partial charge in [-0.2, -0.15) is 0 Å². The Labute approximate surface area is 118 Å².